The number of amides is 2. The van der Waals surface area contributed by atoms with Gasteiger partial charge in [-0.05, 0) is 18.6 Å². The molecule has 2 rings (SSSR count). The first kappa shape index (κ1) is 11.8. The number of carbonyl (C=O) groups is 2. The first-order valence-electron chi connectivity index (χ1n) is 5.73. The molecule has 1 aromatic rings. The van der Waals surface area contributed by atoms with Crippen LogP contribution in [0, 0.1) is 5.92 Å². The molecule has 1 fully saturated rings. The highest BCUT2D eigenvalue weighted by atomic mass is 16.2. The molecular weight excluding hydrogens is 216 g/mol. The Morgan fingerprint density at radius 1 is 1.35 bits per heavy atom. The van der Waals surface area contributed by atoms with Gasteiger partial charge in [-0.15, -0.1) is 0 Å². The molecule has 0 spiro atoms. The van der Waals surface area contributed by atoms with Crippen LogP contribution in [0.1, 0.15) is 31.9 Å². The molecule has 2 N–H and O–H groups in total. The second-order valence-electron chi connectivity index (χ2n) is 4.52. The van der Waals surface area contributed by atoms with Crippen molar-refractivity contribution in [3.8, 4) is 0 Å². The molecule has 2 amide bonds. The summed E-state index contributed by atoms with van der Waals surface area (Å²) in [6, 6.07) is 7.08. The third-order valence-corrected chi connectivity index (χ3v) is 3.04. The smallest absolute Gasteiger partial charge is 0.237 e. The summed E-state index contributed by atoms with van der Waals surface area (Å²) < 4.78 is 0. The maximum absolute atomic E-state index is 12.0. The van der Waals surface area contributed by atoms with Crippen LogP contribution in [-0.4, -0.2) is 11.8 Å². The first-order chi connectivity index (χ1) is 8.02. The van der Waals surface area contributed by atoms with Gasteiger partial charge in [0, 0.05) is 18.4 Å². The summed E-state index contributed by atoms with van der Waals surface area (Å²) in [5.41, 5.74) is 7.31. The molecule has 1 heterocycles. The number of rotatable bonds is 2. The van der Waals surface area contributed by atoms with Crippen molar-refractivity contribution in [2.24, 2.45) is 11.7 Å². The normalized spacial score (nSPS) is 22.1. The largest absolute Gasteiger partial charge is 0.324 e. The van der Waals surface area contributed by atoms with E-state index in [1.54, 1.807) is 13.0 Å². The van der Waals surface area contributed by atoms with E-state index in [0.717, 1.165) is 5.56 Å². The predicted molar refractivity (Wildman–Crippen MR) is 65.3 cm³/mol. The molecule has 17 heavy (non-hydrogen) atoms. The van der Waals surface area contributed by atoms with Crippen molar-refractivity contribution in [3.05, 3.63) is 29.8 Å². The van der Waals surface area contributed by atoms with Crippen molar-refractivity contribution in [2.45, 2.75) is 26.3 Å². The topological polar surface area (TPSA) is 63.4 Å². The summed E-state index contributed by atoms with van der Waals surface area (Å²) in [7, 11) is 0. The highest BCUT2D eigenvalue weighted by Crippen LogP contribution is 2.31. The Bertz CT molecular complexity index is 468. The minimum Gasteiger partial charge on any atom is -0.324 e. The molecule has 90 valence electrons. The molecule has 0 saturated carbocycles. The van der Waals surface area contributed by atoms with Crippen molar-refractivity contribution in [1.82, 2.24) is 0 Å². The van der Waals surface area contributed by atoms with Gasteiger partial charge in [0.2, 0.25) is 11.8 Å². The minimum atomic E-state index is -0.233. The Labute approximate surface area is 100 Å². The molecular formula is C13H16N2O2. The quantitative estimate of drug-likeness (QED) is 0.788. The molecule has 0 aromatic heterocycles. The first-order valence-corrected chi connectivity index (χ1v) is 5.73. The minimum absolute atomic E-state index is 0.136. The van der Waals surface area contributed by atoms with Gasteiger partial charge in [-0.3, -0.25) is 9.59 Å². The zero-order valence-electron chi connectivity index (χ0n) is 10.0. The van der Waals surface area contributed by atoms with Gasteiger partial charge in [-0.2, -0.15) is 0 Å². The summed E-state index contributed by atoms with van der Waals surface area (Å²) in [6.07, 6.45) is 0.284. The monoisotopic (exact) mass is 232 g/mol. The molecule has 1 aromatic carbocycles. The third-order valence-electron chi connectivity index (χ3n) is 3.04. The summed E-state index contributed by atoms with van der Waals surface area (Å²) in [6.45, 7) is 3.61. The lowest BCUT2D eigenvalue weighted by molar-refractivity contribution is -0.122. The van der Waals surface area contributed by atoms with Crippen molar-refractivity contribution in [1.29, 1.82) is 0 Å². The molecule has 1 saturated heterocycles. The lowest BCUT2D eigenvalue weighted by Gasteiger charge is -2.20. The summed E-state index contributed by atoms with van der Waals surface area (Å²) in [5, 5.41) is 0. The Balaban J connectivity index is 2.47. The zero-order valence-corrected chi connectivity index (χ0v) is 10.0. The summed E-state index contributed by atoms with van der Waals surface area (Å²) in [5.74, 6) is -0.512. The predicted octanol–water partition coefficient (Wildman–Crippen LogP) is 1.61. The molecule has 1 aliphatic rings. The lowest BCUT2D eigenvalue weighted by atomic mass is 10.1. The molecule has 4 heteroatoms. The molecule has 0 bridgehead atoms. The van der Waals surface area contributed by atoms with E-state index in [-0.39, 0.29) is 30.2 Å². The highest BCUT2D eigenvalue weighted by Gasteiger charge is 2.37. The standard InChI is InChI=1S/C13H16N2O2/c1-8-7-12(16)15(13(8)17)11-6-4-3-5-10(11)9(2)14/h3-6,8-9H,7,14H2,1-2H3. The second kappa shape index (κ2) is 4.30. The number of imide groups is 1. The number of nitrogens with zero attached hydrogens (tertiary/aromatic N) is 1. The van der Waals surface area contributed by atoms with Crippen LogP contribution in [0.3, 0.4) is 0 Å². The van der Waals surface area contributed by atoms with Gasteiger partial charge in [0.25, 0.3) is 0 Å². The Morgan fingerprint density at radius 2 is 2.00 bits per heavy atom. The van der Waals surface area contributed by atoms with Gasteiger partial charge in [-0.25, -0.2) is 4.90 Å². The van der Waals surface area contributed by atoms with Gasteiger partial charge in [0.05, 0.1) is 5.69 Å². The van der Waals surface area contributed by atoms with Gasteiger partial charge in [-0.1, -0.05) is 25.1 Å². The molecule has 1 aliphatic heterocycles. The Hall–Kier alpha value is -1.68. The van der Waals surface area contributed by atoms with Crippen molar-refractivity contribution in [2.75, 3.05) is 4.90 Å². The molecule has 2 atom stereocenters. The maximum atomic E-state index is 12.0. The average molecular weight is 232 g/mol. The SMILES string of the molecule is CC1CC(=O)N(c2ccccc2C(C)N)C1=O. The number of para-hydroxylation sites is 1. The van der Waals surface area contributed by atoms with Gasteiger partial charge in [0.1, 0.15) is 0 Å². The van der Waals surface area contributed by atoms with E-state index < -0.39 is 0 Å². The average Bonchev–Trinajstić information content (AvgIpc) is 2.53. The fourth-order valence-corrected chi connectivity index (χ4v) is 2.11. The highest BCUT2D eigenvalue weighted by molar-refractivity contribution is 6.21. The van der Waals surface area contributed by atoms with Gasteiger partial charge in [0.15, 0.2) is 0 Å². The van der Waals surface area contributed by atoms with Crippen LogP contribution in [0.4, 0.5) is 5.69 Å². The van der Waals surface area contributed by atoms with E-state index in [1.807, 2.05) is 25.1 Å². The molecule has 0 aliphatic carbocycles. The number of hydrogen-bond acceptors (Lipinski definition) is 3. The van der Waals surface area contributed by atoms with E-state index >= 15 is 0 Å². The van der Waals surface area contributed by atoms with Gasteiger partial charge >= 0.3 is 0 Å². The van der Waals surface area contributed by atoms with Crippen molar-refractivity contribution >= 4 is 17.5 Å². The maximum Gasteiger partial charge on any atom is 0.237 e. The number of nitrogens with two attached hydrogens (primary N) is 1. The Kier molecular flexibility index (Phi) is 2.98. The van der Waals surface area contributed by atoms with Crippen molar-refractivity contribution < 1.29 is 9.59 Å². The second-order valence-corrected chi connectivity index (χ2v) is 4.52. The number of anilines is 1. The Morgan fingerprint density at radius 3 is 2.53 bits per heavy atom. The summed E-state index contributed by atoms with van der Waals surface area (Å²) in [4.78, 5) is 25.1. The molecule has 0 radical (unpaired) electrons. The number of benzene rings is 1. The number of carbonyl (C=O) groups excluding carboxylic acids is 2. The van der Waals surface area contributed by atoms with E-state index in [4.69, 9.17) is 5.73 Å². The van der Waals surface area contributed by atoms with E-state index in [2.05, 4.69) is 0 Å². The fourth-order valence-electron chi connectivity index (χ4n) is 2.11. The fraction of sp³-hybridized carbons (Fsp3) is 0.385. The summed E-state index contributed by atoms with van der Waals surface area (Å²) >= 11 is 0. The van der Waals surface area contributed by atoms with Crippen LogP contribution < -0.4 is 10.6 Å². The van der Waals surface area contributed by atoms with Crippen LogP contribution >= 0.6 is 0 Å². The van der Waals surface area contributed by atoms with Gasteiger partial charge < -0.3 is 5.73 Å². The van der Waals surface area contributed by atoms with Crippen LogP contribution in [-0.2, 0) is 9.59 Å². The molecule has 4 nitrogen and oxygen atoms in total. The number of hydrogen-bond donors (Lipinski definition) is 1. The van der Waals surface area contributed by atoms with Crippen LogP contribution in [0.5, 0.6) is 0 Å². The zero-order chi connectivity index (χ0) is 12.6. The van der Waals surface area contributed by atoms with Crippen LogP contribution in [0.2, 0.25) is 0 Å². The van der Waals surface area contributed by atoms with E-state index in [9.17, 15) is 9.59 Å². The molecule has 2 unspecified atom stereocenters. The van der Waals surface area contributed by atoms with Crippen LogP contribution in [0.15, 0.2) is 24.3 Å². The van der Waals surface area contributed by atoms with E-state index in [0.29, 0.717) is 5.69 Å². The lowest BCUT2D eigenvalue weighted by Crippen LogP contribution is -2.31. The van der Waals surface area contributed by atoms with Crippen molar-refractivity contribution in [3.63, 3.8) is 0 Å². The third kappa shape index (κ3) is 1.96. The van der Waals surface area contributed by atoms with E-state index in [1.165, 1.54) is 4.90 Å². The van der Waals surface area contributed by atoms with Crippen LogP contribution in [0.25, 0.3) is 0 Å².